The topological polar surface area (TPSA) is 59.3 Å². The fraction of sp³-hybridized carbons (Fsp3) is 0.519. The average molecular weight is 649 g/mol. The van der Waals surface area contributed by atoms with Crippen molar-refractivity contribution in [1.29, 1.82) is 0 Å². The maximum absolute atomic E-state index is 13.5. The van der Waals surface area contributed by atoms with Crippen LogP contribution in [0.5, 0.6) is 5.75 Å². The molecule has 41 heavy (non-hydrogen) atoms. The molecule has 0 N–H and O–H groups in total. The zero-order valence-electron chi connectivity index (χ0n) is 22.6. The molecular weight excluding hydrogens is 618 g/mol. The molecule has 1 aliphatic carbocycles. The van der Waals surface area contributed by atoms with Gasteiger partial charge < -0.3 is 14.5 Å². The summed E-state index contributed by atoms with van der Waals surface area (Å²) in [4.78, 5) is 4.92. The van der Waals surface area contributed by atoms with Crippen LogP contribution < -0.4 is 14.5 Å². The van der Waals surface area contributed by atoms with Gasteiger partial charge in [0.15, 0.2) is 0 Å². The van der Waals surface area contributed by atoms with Crippen LogP contribution in [0.3, 0.4) is 0 Å². The number of hydrogen-bond acceptors (Lipinski definition) is 6. The number of nitrogens with zero attached hydrogens (tertiary/aromatic N) is 6. The summed E-state index contributed by atoms with van der Waals surface area (Å²) >= 11 is 3.15. The largest absolute Gasteiger partial charge is 0.573 e. The second-order valence-electron chi connectivity index (χ2n) is 10.2. The fourth-order valence-corrected chi connectivity index (χ4v) is 5.74. The molecule has 224 valence electrons. The number of tetrazole rings is 1. The molecular formula is C27H31BrF6N6O. The average Bonchev–Trinajstić information content (AvgIpc) is 3.32. The zero-order valence-corrected chi connectivity index (χ0v) is 24.2. The van der Waals surface area contributed by atoms with Gasteiger partial charge in [0.2, 0.25) is 0 Å². The first-order valence-electron chi connectivity index (χ1n) is 13.3. The fourth-order valence-electron chi connectivity index (χ4n) is 5.20. The van der Waals surface area contributed by atoms with Crippen molar-refractivity contribution in [1.82, 2.24) is 20.2 Å². The van der Waals surface area contributed by atoms with Gasteiger partial charge in [-0.15, -0.1) is 18.3 Å². The molecule has 0 atom stereocenters. The van der Waals surface area contributed by atoms with Gasteiger partial charge >= 0.3 is 12.5 Å². The smallest absolute Gasteiger partial charge is 0.406 e. The molecule has 3 aromatic rings. The van der Waals surface area contributed by atoms with Crippen LogP contribution in [0.25, 0.3) is 0 Å². The zero-order chi connectivity index (χ0) is 29.8. The third-order valence-electron chi connectivity index (χ3n) is 7.01. The molecule has 7 nitrogen and oxygen atoms in total. The molecule has 1 heterocycles. The Morgan fingerprint density at radius 2 is 1.71 bits per heavy atom. The van der Waals surface area contributed by atoms with Crippen molar-refractivity contribution in [3.05, 3.63) is 57.6 Å². The Kier molecular flexibility index (Phi) is 9.70. The number of alkyl halides is 6. The Hall–Kier alpha value is -3.03. The molecule has 0 saturated heterocycles. The van der Waals surface area contributed by atoms with Crippen molar-refractivity contribution in [3.63, 3.8) is 0 Å². The number of aromatic nitrogens is 4. The van der Waals surface area contributed by atoms with E-state index in [2.05, 4.69) is 41.0 Å². The summed E-state index contributed by atoms with van der Waals surface area (Å²) < 4.78 is 84.4. The normalized spacial score (nSPS) is 14.8. The van der Waals surface area contributed by atoms with E-state index >= 15 is 0 Å². The van der Waals surface area contributed by atoms with Crippen LogP contribution >= 0.6 is 15.9 Å². The van der Waals surface area contributed by atoms with Gasteiger partial charge in [-0.3, -0.25) is 0 Å². The Labute approximate surface area is 242 Å². The first-order chi connectivity index (χ1) is 19.3. The summed E-state index contributed by atoms with van der Waals surface area (Å²) in [5.41, 5.74) is 0.674. The van der Waals surface area contributed by atoms with Gasteiger partial charge in [-0.2, -0.15) is 18.0 Å². The maximum Gasteiger partial charge on any atom is 0.573 e. The van der Waals surface area contributed by atoms with Crippen LogP contribution in [0.4, 0.5) is 38.0 Å². The predicted octanol–water partition coefficient (Wildman–Crippen LogP) is 7.50. The van der Waals surface area contributed by atoms with Crippen molar-refractivity contribution in [3.8, 4) is 5.75 Å². The highest BCUT2D eigenvalue weighted by atomic mass is 79.9. The molecule has 0 bridgehead atoms. The van der Waals surface area contributed by atoms with Crippen LogP contribution in [0, 0.1) is 5.92 Å². The molecule has 1 fully saturated rings. The van der Waals surface area contributed by atoms with Crippen molar-refractivity contribution in [2.75, 3.05) is 22.9 Å². The molecule has 0 aliphatic heterocycles. The molecule has 1 saturated carbocycles. The van der Waals surface area contributed by atoms with E-state index < -0.39 is 18.1 Å². The molecule has 0 radical (unpaired) electrons. The monoisotopic (exact) mass is 648 g/mol. The van der Waals surface area contributed by atoms with Gasteiger partial charge in [0, 0.05) is 36.3 Å². The van der Waals surface area contributed by atoms with Crippen LogP contribution in [0.15, 0.2) is 40.9 Å². The highest BCUT2D eigenvalue weighted by molar-refractivity contribution is 9.10. The highest BCUT2D eigenvalue weighted by Gasteiger charge is 2.33. The van der Waals surface area contributed by atoms with Crippen molar-refractivity contribution < 1.29 is 31.1 Å². The summed E-state index contributed by atoms with van der Waals surface area (Å²) in [7, 11) is 1.54. The number of hydrogen-bond donors (Lipinski definition) is 0. The number of ether oxygens (including phenoxy) is 1. The van der Waals surface area contributed by atoms with Crippen LogP contribution in [0.1, 0.15) is 55.7 Å². The Morgan fingerprint density at radius 3 is 2.32 bits per heavy atom. The summed E-state index contributed by atoms with van der Waals surface area (Å²) in [6.07, 6.45) is -3.79. The van der Waals surface area contributed by atoms with Crippen molar-refractivity contribution in [2.45, 2.75) is 64.7 Å². The van der Waals surface area contributed by atoms with E-state index in [-0.39, 0.29) is 29.3 Å². The lowest BCUT2D eigenvalue weighted by molar-refractivity contribution is -0.274. The molecule has 2 aromatic carbocycles. The third-order valence-corrected chi connectivity index (χ3v) is 7.47. The predicted molar refractivity (Wildman–Crippen MR) is 145 cm³/mol. The third kappa shape index (κ3) is 8.73. The molecule has 0 unspecified atom stereocenters. The van der Waals surface area contributed by atoms with Crippen molar-refractivity contribution in [2.24, 2.45) is 13.0 Å². The first-order valence-corrected chi connectivity index (χ1v) is 14.1. The van der Waals surface area contributed by atoms with E-state index in [4.69, 9.17) is 0 Å². The quantitative estimate of drug-likeness (QED) is 0.212. The Morgan fingerprint density at radius 1 is 0.976 bits per heavy atom. The van der Waals surface area contributed by atoms with E-state index in [0.717, 1.165) is 44.4 Å². The first kappa shape index (κ1) is 30.9. The number of aryl methyl sites for hydroxylation is 1. The van der Waals surface area contributed by atoms with Gasteiger partial charge in [0.25, 0.3) is 5.95 Å². The molecule has 0 spiro atoms. The lowest BCUT2D eigenvalue weighted by atomic mass is 9.88. The highest BCUT2D eigenvalue weighted by Crippen LogP contribution is 2.35. The minimum absolute atomic E-state index is 0.00881. The van der Waals surface area contributed by atoms with Gasteiger partial charge in [-0.1, -0.05) is 40.3 Å². The molecule has 4 rings (SSSR count). The van der Waals surface area contributed by atoms with E-state index in [0.29, 0.717) is 29.3 Å². The standard InChI is InChI=1S/C27H31BrF6N6O/c1-3-39(15-18-7-5-4-6-8-18)24-10-9-23(41-27(32,33)34)13-20(24)17-40(25-35-37-38(2)36-25)16-19-11-21(26(29,30)31)14-22(28)12-19/h9-14,18H,3-8,15-17H2,1-2H3. The van der Waals surface area contributed by atoms with Gasteiger partial charge in [0.05, 0.1) is 12.6 Å². The van der Waals surface area contributed by atoms with Crippen LogP contribution in [-0.4, -0.2) is 39.7 Å². The molecule has 14 heteroatoms. The lowest BCUT2D eigenvalue weighted by Crippen LogP contribution is -2.32. The van der Waals surface area contributed by atoms with E-state index in [9.17, 15) is 26.3 Å². The summed E-state index contributed by atoms with van der Waals surface area (Å²) in [5.74, 6) is 0.186. The lowest BCUT2D eigenvalue weighted by Gasteiger charge is -2.33. The van der Waals surface area contributed by atoms with Gasteiger partial charge in [-0.25, -0.2) is 0 Å². The van der Waals surface area contributed by atoms with Gasteiger partial charge in [0.1, 0.15) is 5.75 Å². The van der Waals surface area contributed by atoms with E-state index in [1.807, 2.05) is 6.92 Å². The van der Waals surface area contributed by atoms with Crippen molar-refractivity contribution >= 4 is 27.6 Å². The minimum atomic E-state index is -4.89. The number of halogens is 7. The summed E-state index contributed by atoms with van der Waals surface area (Å²) in [6, 6.07) is 7.76. The Bertz CT molecular complexity index is 1310. The second kappa shape index (κ2) is 12.9. The maximum atomic E-state index is 13.5. The number of anilines is 2. The summed E-state index contributed by atoms with van der Waals surface area (Å²) in [6.45, 7) is 3.27. The summed E-state index contributed by atoms with van der Waals surface area (Å²) in [5, 5.41) is 12.1. The second-order valence-corrected chi connectivity index (χ2v) is 11.1. The molecule has 1 aromatic heterocycles. The van der Waals surface area contributed by atoms with E-state index in [1.54, 1.807) is 24.1 Å². The van der Waals surface area contributed by atoms with Crippen LogP contribution in [-0.2, 0) is 26.3 Å². The SMILES string of the molecule is CCN(CC1CCCCC1)c1ccc(OC(F)(F)F)cc1CN(Cc1cc(Br)cc(C(F)(F)F)c1)c1nnn(C)n1. The number of rotatable bonds is 10. The Balaban J connectivity index is 1.73. The molecule has 0 amide bonds. The molecule has 1 aliphatic rings. The van der Waals surface area contributed by atoms with Gasteiger partial charge in [-0.05, 0) is 78.4 Å². The van der Waals surface area contributed by atoms with Crippen LogP contribution in [0.2, 0.25) is 0 Å². The number of benzene rings is 2. The minimum Gasteiger partial charge on any atom is -0.406 e. The van der Waals surface area contributed by atoms with E-state index in [1.165, 1.54) is 23.4 Å².